The molecule has 0 unspecified atom stereocenters. The first-order valence-corrected chi connectivity index (χ1v) is 10.9. The molecule has 0 aromatic heterocycles. The Bertz CT molecular complexity index is 112. The van der Waals surface area contributed by atoms with Crippen LogP contribution in [0.2, 0.25) is 36.3 Å². The largest absolute Gasteiger partial charge is 0.0590 e. The Kier molecular flexibility index (Phi) is 4.77. The molecule has 0 aromatic rings. The van der Waals surface area contributed by atoms with Crippen LogP contribution >= 0.6 is 0 Å². The van der Waals surface area contributed by atoms with E-state index in [0.29, 0.717) is 0 Å². The molecular formula is C12H24Si2. The summed E-state index contributed by atoms with van der Waals surface area (Å²) in [6, 6.07) is 10.00. The zero-order chi connectivity index (χ0) is 9.64. The lowest BCUT2D eigenvalue weighted by Crippen LogP contribution is -2.19. The Hall–Kier alpha value is 0.434. The maximum Gasteiger partial charge on any atom is 0.0479 e. The maximum atomic E-state index is 1.67. The zero-order valence-electron chi connectivity index (χ0n) is 9.49. The third kappa shape index (κ3) is 3.54. The van der Waals surface area contributed by atoms with Gasteiger partial charge in [0.25, 0.3) is 0 Å². The van der Waals surface area contributed by atoms with Crippen LogP contribution in [0, 0.1) is 0 Å². The van der Waals surface area contributed by atoms with Crippen LogP contribution in [0.3, 0.4) is 0 Å². The molecule has 2 bridgehead atoms. The highest BCUT2D eigenvalue weighted by molar-refractivity contribution is 6.60. The first-order valence-electron chi connectivity index (χ1n) is 6.62. The molecule has 0 nitrogen and oxygen atoms in total. The number of hydrogen-bond donors (Lipinski definition) is 0. The number of rotatable bonds is 0. The topological polar surface area (TPSA) is 0 Å². The van der Waals surface area contributed by atoms with Gasteiger partial charge in [-0.15, -0.1) is 0 Å². The summed E-state index contributed by atoms with van der Waals surface area (Å²) in [6.45, 7) is 0. The third-order valence-corrected chi connectivity index (χ3v) is 10.3. The van der Waals surface area contributed by atoms with E-state index in [1.165, 1.54) is 0 Å². The Balaban J connectivity index is 1.93. The SMILES string of the molecule is C1CC[Si]2CCCC[Si](C1)CCCC2. The van der Waals surface area contributed by atoms with Crippen LogP contribution in [0.5, 0.6) is 0 Å². The number of fused-ring (bicyclic) bond motifs is 9. The van der Waals surface area contributed by atoms with E-state index in [2.05, 4.69) is 0 Å². The fourth-order valence-electron chi connectivity index (χ4n) is 3.00. The second-order valence-electron chi connectivity index (χ2n) is 5.12. The highest BCUT2D eigenvalue weighted by Gasteiger charge is 2.18. The van der Waals surface area contributed by atoms with Crippen LogP contribution in [0.15, 0.2) is 0 Å². The summed E-state index contributed by atoms with van der Waals surface area (Å²) in [5, 5.41) is 0. The summed E-state index contributed by atoms with van der Waals surface area (Å²) in [6.07, 6.45) is 9.60. The standard InChI is InChI=1S/C12H24Si2/c1-2-8-14-11-5-3-9-13(7-1)10-4-6-12-14/h1-12H2. The van der Waals surface area contributed by atoms with Crippen molar-refractivity contribution in [3.8, 4) is 0 Å². The lowest BCUT2D eigenvalue weighted by molar-refractivity contribution is 0.756. The molecule has 0 atom stereocenters. The van der Waals surface area contributed by atoms with Crippen LogP contribution in [-0.2, 0) is 0 Å². The van der Waals surface area contributed by atoms with E-state index >= 15 is 0 Å². The van der Waals surface area contributed by atoms with Crippen LogP contribution in [-0.4, -0.2) is 17.6 Å². The first kappa shape index (κ1) is 10.9. The molecule has 80 valence electrons. The van der Waals surface area contributed by atoms with E-state index in [4.69, 9.17) is 0 Å². The maximum absolute atomic E-state index is 1.67. The highest BCUT2D eigenvalue weighted by atomic mass is 28.3. The molecule has 0 amide bonds. The molecular weight excluding hydrogens is 200 g/mol. The molecule has 14 heavy (non-hydrogen) atoms. The normalized spacial score (nSPS) is 28.3. The predicted octanol–water partition coefficient (Wildman–Crippen LogP) is 4.34. The summed E-state index contributed by atoms with van der Waals surface area (Å²) < 4.78 is 0. The molecule has 2 radical (unpaired) electrons. The Morgan fingerprint density at radius 1 is 0.357 bits per heavy atom. The van der Waals surface area contributed by atoms with Crippen molar-refractivity contribution in [3.63, 3.8) is 0 Å². The molecule has 3 heterocycles. The van der Waals surface area contributed by atoms with E-state index in [-0.39, 0.29) is 17.6 Å². The van der Waals surface area contributed by atoms with Gasteiger partial charge < -0.3 is 0 Å². The van der Waals surface area contributed by atoms with E-state index in [0.717, 1.165) is 0 Å². The lowest BCUT2D eigenvalue weighted by Gasteiger charge is -2.23. The van der Waals surface area contributed by atoms with Gasteiger partial charge >= 0.3 is 0 Å². The molecule has 0 saturated carbocycles. The second-order valence-corrected chi connectivity index (χ2v) is 11.1. The Morgan fingerprint density at radius 2 is 0.571 bits per heavy atom. The molecule has 0 aliphatic carbocycles. The minimum Gasteiger partial charge on any atom is -0.0590 e. The smallest absolute Gasteiger partial charge is 0.0479 e. The van der Waals surface area contributed by atoms with Gasteiger partial charge in [0.1, 0.15) is 0 Å². The van der Waals surface area contributed by atoms with Gasteiger partial charge in [-0.2, -0.15) is 0 Å². The molecule has 3 aliphatic rings. The van der Waals surface area contributed by atoms with Gasteiger partial charge in [-0.25, -0.2) is 0 Å². The van der Waals surface area contributed by atoms with Crippen molar-refractivity contribution in [2.45, 2.75) is 74.8 Å². The van der Waals surface area contributed by atoms with Crippen LogP contribution in [0.4, 0.5) is 0 Å². The van der Waals surface area contributed by atoms with Crippen molar-refractivity contribution >= 4 is 17.6 Å². The van der Waals surface area contributed by atoms with Gasteiger partial charge in [0.05, 0.1) is 0 Å². The summed E-state index contributed by atoms with van der Waals surface area (Å²) in [4.78, 5) is 0. The van der Waals surface area contributed by atoms with Crippen molar-refractivity contribution < 1.29 is 0 Å². The van der Waals surface area contributed by atoms with Crippen molar-refractivity contribution in [2.75, 3.05) is 0 Å². The van der Waals surface area contributed by atoms with Crippen molar-refractivity contribution in [3.05, 3.63) is 0 Å². The van der Waals surface area contributed by atoms with E-state index in [1.807, 2.05) is 0 Å². The minimum atomic E-state index is 0.127. The van der Waals surface area contributed by atoms with Gasteiger partial charge in [0, 0.05) is 17.6 Å². The van der Waals surface area contributed by atoms with Crippen LogP contribution < -0.4 is 0 Å². The average Bonchev–Trinajstić information content (AvgIpc) is 2.25. The van der Waals surface area contributed by atoms with Crippen molar-refractivity contribution in [1.29, 1.82) is 0 Å². The monoisotopic (exact) mass is 224 g/mol. The lowest BCUT2D eigenvalue weighted by atomic mass is 10.3. The molecule has 3 saturated heterocycles. The molecule has 3 rings (SSSR count). The number of hydrogen-bond acceptors (Lipinski definition) is 0. The van der Waals surface area contributed by atoms with Crippen molar-refractivity contribution in [1.82, 2.24) is 0 Å². The minimum absolute atomic E-state index is 0.127. The van der Waals surface area contributed by atoms with E-state index in [1.54, 1.807) is 74.8 Å². The fourth-order valence-corrected chi connectivity index (χ4v) is 9.00. The van der Waals surface area contributed by atoms with Crippen LogP contribution in [0.25, 0.3) is 0 Å². The second kappa shape index (κ2) is 6.11. The first-order chi connectivity index (χ1) is 6.95. The molecule has 0 aromatic carbocycles. The van der Waals surface area contributed by atoms with Gasteiger partial charge in [-0.3, -0.25) is 0 Å². The van der Waals surface area contributed by atoms with Gasteiger partial charge in [0.2, 0.25) is 0 Å². The van der Waals surface area contributed by atoms with Gasteiger partial charge in [0.15, 0.2) is 0 Å². The summed E-state index contributed by atoms with van der Waals surface area (Å²) in [7, 11) is 0.255. The molecule has 2 heteroatoms. The van der Waals surface area contributed by atoms with Crippen molar-refractivity contribution in [2.24, 2.45) is 0 Å². The van der Waals surface area contributed by atoms with Crippen LogP contribution in [0.1, 0.15) is 38.5 Å². The molecule has 0 spiro atoms. The Labute approximate surface area is 92.7 Å². The molecule has 3 fully saturated rings. The van der Waals surface area contributed by atoms with E-state index in [9.17, 15) is 0 Å². The van der Waals surface area contributed by atoms with E-state index < -0.39 is 0 Å². The van der Waals surface area contributed by atoms with Gasteiger partial charge in [-0.05, 0) is 0 Å². The summed E-state index contributed by atoms with van der Waals surface area (Å²) in [5.74, 6) is 0. The fraction of sp³-hybridized carbons (Fsp3) is 1.00. The molecule has 0 N–H and O–H groups in total. The Morgan fingerprint density at radius 3 is 0.786 bits per heavy atom. The quantitative estimate of drug-likeness (QED) is 0.537. The average molecular weight is 224 g/mol. The van der Waals surface area contributed by atoms with Gasteiger partial charge in [-0.1, -0.05) is 74.8 Å². The summed E-state index contributed by atoms with van der Waals surface area (Å²) in [5.41, 5.74) is 0. The zero-order valence-corrected chi connectivity index (χ0v) is 11.5. The highest BCUT2D eigenvalue weighted by Crippen LogP contribution is 2.26. The predicted molar refractivity (Wildman–Crippen MR) is 68.1 cm³/mol. The molecule has 3 aliphatic heterocycles. The summed E-state index contributed by atoms with van der Waals surface area (Å²) >= 11 is 0. The third-order valence-electron chi connectivity index (χ3n) is 3.93.